The predicted octanol–water partition coefficient (Wildman–Crippen LogP) is 3.04. The predicted molar refractivity (Wildman–Crippen MR) is 121 cm³/mol. The fourth-order valence-electron chi connectivity index (χ4n) is 6.19. The highest BCUT2D eigenvalue weighted by molar-refractivity contribution is 5.96. The topological polar surface area (TPSA) is 65.8 Å². The highest BCUT2D eigenvalue weighted by atomic mass is 19.1. The van der Waals surface area contributed by atoms with Crippen molar-refractivity contribution in [1.29, 1.82) is 0 Å². The quantitative estimate of drug-likeness (QED) is 0.659. The van der Waals surface area contributed by atoms with Crippen LogP contribution in [0.5, 0.6) is 5.75 Å². The number of halogens is 1. The number of amides is 1. The average Bonchev–Trinajstić information content (AvgIpc) is 3.28. The third-order valence-corrected chi connectivity index (χ3v) is 7.64. The summed E-state index contributed by atoms with van der Waals surface area (Å²) in [5.74, 6) is -1.09. The van der Waals surface area contributed by atoms with Gasteiger partial charge in [-0.1, -0.05) is 30.3 Å². The number of rotatable bonds is 2. The Labute approximate surface area is 190 Å². The Hall–Kier alpha value is -3.61. The van der Waals surface area contributed by atoms with Gasteiger partial charge in [0, 0.05) is 24.7 Å². The number of fused-ring (bicyclic) bond motifs is 6. The maximum Gasteiger partial charge on any atom is 0.277 e. The number of aromatic nitrogens is 1. The number of benzene rings is 2. The molecule has 0 saturated heterocycles. The Balaban J connectivity index is 1.71. The van der Waals surface area contributed by atoms with Crippen LogP contribution in [0, 0.1) is 18.7 Å². The van der Waals surface area contributed by atoms with Gasteiger partial charge in [-0.05, 0) is 60.6 Å². The summed E-state index contributed by atoms with van der Waals surface area (Å²) < 4.78 is 16.6. The highest BCUT2D eigenvalue weighted by Gasteiger charge is 2.58. The lowest BCUT2D eigenvalue weighted by atomic mass is 9.81. The van der Waals surface area contributed by atoms with Gasteiger partial charge in [-0.25, -0.2) is 4.39 Å². The first kappa shape index (κ1) is 20.0. The zero-order valence-electron chi connectivity index (χ0n) is 18.5. The van der Waals surface area contributed by atoms with E-state index in [9.17, 15) is 19.1 Å². The van der Waals surface area contributed by atoms with Gasteiger partial charge in [0.2, 0.25) is 5.43 Å². The van der Waals surface area contributed by atoms with Gasteiger partial charge >= 0.3 is 0 Å². The number of carbonyl (C=O) groups excluding carboxylic acids is 1. The summed E-state index contributed by atoms with van der Waals surface area (Å²) in [6.45, 7) is 4.31. The van der Waals surface area contributed by atoms with Crippen LogP contribution in [0.3, 0.4) is 0 Å². The molecule has 33 heavy (non-hydrogen) atoms. The molecule has 2 heterocycles. The molecule has 0 fully saturated rings. The molecule has 7 heteroatoms. The number of nitrogens with zero attached hydrogens (tertiary/aromatic N) is 3. The van der Waals surface area contributed by atoms with Crippen molar-refractivity contribution in [1.82, 2.24) is 9.58 Å². The Morgan fingerprint density at radius 3 is 2.64 bits per heavy atom. The van der Waals surface area contributed by atoms with Crippen molar-refractivity contribution in [2.75, 3.05) is 18.2 Å². The van der Waals surface area contributed by atoms with Crippen LogP contribution in [0.2, 0.25) is 0 Å². The number of aromatic hydroxyl groups is 1. The Morgan fingerprint density at radius 1 is 1.09 bits per heavy atom. The molecular formula is C26H24FN3O3. The first-order valence-corrected chi connectivity index (χ1v) is 11.3. The summed E-state index contributed by atoms with van der Waals surface area (Å²) in [6.07, 6.45) is 3.16. The number of pyridine rings is 1. The number of aryl methyl sites for hydroxylation is 1. The van der Waals surface area contributed by atoms with Crippen LogP contribution in [0.1, 0.15) is 45.2 Å². The molecule has 1 aromatic heterocycles. The Bertz CT molecular complexity index is 1400. The molecule has 1 aliphatic heterocycles. The molecule has 2 unspecified atom stereocenters. The van der Waals surface area contributed by atoms with Crippen molar-refractivity contribution in [2.45, 2.75) is 32.2 Å². The standard InChI is InChI=1S/C26H24FN3O3/c1-3-28-14-30(29-9-8-22(31)24(32)23(29)25(28)33)26-18(11-16-6-4-5-7-19(16)26)12-17-10-15(2)21(27)13-20(17)26/h4-10,13,18,32H,3,11-12,14H2,1-2H3. The average molecular weight is 445 g/mol. The van der Waals surface area contributed by atoms with Crippen LogP contribution in [0.4, 0.5) is 4.39 Å². The van der Waals surface area contributed by atoms with E-state index in [1.807, 2.05) is 30.1 Å². The molecular weight excluding hydrogens is 421 g/mol. The van der Waals surface area contributed by atoms with Gasteiger partial charge in [-0.15, -0.1) is 0 Å². The molecule has 6 nitrogen and oxygen atoms in total. The van der Waals surface area contributed by atoms with E-state index in [1.165, 1.54) is 11.6 Å². The SMILES string of the molecule is CCN1CN(C23c4ccccc4CC2Cc2cc(C)c(F)cc23)n2ccc(=O)c(O)c2C1=O. The number of hydrogen-bond acceptors (Lipinski definition) is 4. The van der Waals surface area contributed by atoms with Crippen LogP contribution in [-0.2, 0) is 18.4 Å². The second-order valence-electron chi connectivity index (χ2n) is 9.21. The summed E-state index contributed by atoms with van der Waals surface area (Å²) in [5, 5.41) is 12.7. The summed E-state index contributed by atoms with van der Waals surface area (Å²) in [7, 11) is 0. The molecule has 6 rings (SSSR count). The molecule has 2 atom stereocenters. The first-order valence-electron chi connectivity index (χ1n) is 11.3. The third kappa shape index (κ3) is 2.42. The van der Waals surface area contributed by atoms with Crippen molar-refractivity contribution in [3.05, 3.63) is 98.2 Å². The van der Waals surface area contributed by atoms with Crippen LogP contribution in [0.25, 0.3) is 0 Å². The molecule has 168 valence electrons. The number of hydrogen-bond donors (Lipinski definition) is 1. The fourth-order valence-corrected chi connectivity index (χ4v) is 6.19. The minimum atomic E-state index is -0.731. The van der Waals surface area contributed by atoms with Crippen molar-refractivity contribution in [3.8, 4) is 5.75 Å². The van der Waals surface area contributed by atoms with Gasteiger partial charge in [0.25, 0.3) is 5.91 Å². The lowest BCUT2D eigenvalue weighted by Crippen LogP contribution is -2.63. The molecule has 2 aromatic carbocycles. The second-order valence-corrected chi connectivity index (χ2v) is 9.21. The van der Waals surface area contributed by atoms with Crippen molar-refractivity contribution in [2.24, 2.45) is 5.92 Å². The van der Waals surface area contributed by atoms with E-state index in [0.717, 1.165) is 29.5 Å². The zero-order valence-corrected chi connectivity index (χ0v) is 18.5. The fraction of sp³-hybridized carbons (Fsp3) is 0.308. The van der Waals surface area contributed by atoms with E-state index in [4.69, 9.17) is 0 Å². The van der Waals surface area contributed by atoms with Gasteiger partial charge in [0.15, 0.2) is 11.4 Å². The van der Waals surface area contributed by atoms with Crippen LogP contribution in [0.15, 0.2) is 53.5 Å². The van der Waals surface area contributed by atoms with Crippen molar-refractivity contribution >= 4 is 5.91 Å². The van der Waals surface area contributed by atoms with E-state index in [0.29, 0.717) is 12.1 Å². The molecule has 0 spiro atoms. The summed E-state index contributed by atoms with van der Waals surface area (Å²) in [4.78, 5) is 27.1. The van der Waals surface area contributed by atoms with Crippen molar-refractivity contribution in [3.63, 3.8) is 0 Å². The third-order valence-electron chi connectivity index (χ3n) is 7.64. The molecule has 0 saturated carbocycles. The Morgan fingerprint density at radius 2 is 1.85 bits per heavy atom. The smallest absolute Gasteiger partial charge is 0.277 e. The lowest BCUT2D eigenvalue weighted by Gasteiger charge is -2.50. The van der Waals surface area contributed by atoms with E-state index >= 15 is 0 Å². The van der Waals surface area contributed by atoms with Gasteiger partial charge in [0.05, 0.1) is 0 Å². The van der Waals surface area contributed by atoms with Gasteiger partial charge in [-0.3, -0.25) is 19.3 Å². The molecule has 1 amide bonds. The van der Waals surface area contributed by atoms with E-state index in [1.54, 1.807) is 28.8 Å². The normalized spacial score (nSPS) is 22.8. The zero-order chi connectivity index (χ0) is 23.1. The minimum absolute atomic E-state index is 0.0471. The molecule has 3 aliphatic rings. The van der Waals surface area contributed by atoms with Crippen molar-refractivity contribution < 1.29 is 14.3 Å². The molecule has 2 aliphatic carbocycles. The molecule has 1 N–H and O–H groups in total. The minimum Gasteiger partial charge on any atom is -0.502 e. The summed E-state index contributed by atoms with van der Waals surface area (Å²) in [5.41, 5.74) is 3.49. The molecule has 3 aromatic rings. The highest BCUT2D eigenvalue weighted by Crippen LogP contribution is 2.57. The molecule has 0 radical (unpaired) electrons. The summed E-state index contributed by atoms with van der Waals surface area (Å²) >= 11 is 0. The van der Waals surface area contributed by atoms with Crippen LogP contribution < -0.4 is 10.4 Å². The summed E-state index contributed by atoms with van der Waals surface area (Å²) in [6, 6.07) is 13.0. The maximum atomic E-state index is 15.0. The van der Waals surface area contributed by atoms with Gasteiger partial charge in [0.1, 0.15) is 18.0 Å². The molecule has 0 bridgehead atoms. The van der Waals surface area contributed by atoms with E-state index in [2.05, 4.69) is 12.1 Å². The number of carbonyl (C=O) groups is 1. The lowest BCUT2D eigenvalue weighted by molar-refractivity contribution is 0.0658. The van der Waals surface area contributed by atoms with Gasteiger partial charge in [-0.2, -0.15) is 0 Å². The van der Waals surface area contributed by atoms with Gasteiger partial charge < -0.3 is 10.0 Å². The monoisotopic (exact) mass is 445 g/mol. The van der Waals surface area contributed by atoms with E-state index in [-0.39, 0.29) is 24.1 Å². The second kappa shape index (κ2) is 6.70. The van der Waals surface area contributed by atoms with E-state index < -0.39 is 22.6 Å². The largest absolute Gasteiger partial charge is 0.502 e. The first-order chi connectivity index (χ1) is 15.9. The Kier molecular flexibility index (Phi) is 4.07. The van der Waals surface area contributed by atoms with Crippen LogP contribution >= 0.6 is 0 Å². The maximum absolute atomic E-state index is 15.0. The van der Waals surface area contributed by atoms with Crippen LogP contribution in [-0.4, -0.2) is 33.8 Å².